The van der Waals surface area contributed by atoms with Crippen molar-refractivity contribution in [1.82, 2.24) is 20.2 Å². The number of aromatic nitrogens is 2. The van der Waals surface area contributed by atoms with Gasteiger partial charge in [0.1, 0.15) is 17.5 Å². The van der Waals surface area contributed by atoms with Gasteiger partial charge >= 0.3 is 0 Å². The number of hydrogen-bond acceptors (Lipinski definition) is 5. The van der Waals surface area contributed by atoms with Crippen molar-refractivity contribution in [3.8, 4) is 11.3 Å². The van der Waals surface area contributed by atoms with Crippen LogP contribution in [0.1, 0.15) is 11.5 Å². The van der Waals surface area contributed by atoms with Crippen molar-refractivity contribution in [1.29, 1.82) is 5.41 Å². The van der Waals surface area contributed by atoms with E-state index < -0.39 is 0 Å². The Hall–Kier alpha value is -3.22. The van der Waals surface area contributed by atoms with Crippen LogP contribution in [0.25, 0.3) is 11.3 Å². The van der Waals surface area contributed by atoms with Gasteiger partial charge in [0, 0.05) is 32.4 Å². The summed E-state index contributed by atoms with van der Waals surface area (Å²) >= 11 is 0. The highest BCUT2D eigenvalue weighted by Crippen LogP contribution is 2.24. The van der Waals surface area contributed by atoms with Crippen molar-refractivity contribution >= 4 is 12.4 Å². The Morgan fingerprint density at radius 1 is 1.38 bits per heavy atom. The van der Waals surface area contributed by atoms with Crippen molar-refractivity contribution < 1.29 is 4.39 Å². The molecule has 2 rings (SSSR count). The lowest BCUT2D eigenvalue weighted by molar-refractivity contribution is 0.628. The van der Waals surface area contributed by atoms with Crippen LogP contribution < -0.4 is 10.6 Å². The molecule has 0 radical (unpaired) electrons. The molecule has 0 bridgehead atoms. The molecule has 6 nitrogen and oxygen atoms in total. The average molecular weight is 354 g/mol. The zero-order chi connectivity index (χ0) is 19.1. The van der Waals surface area contributed by atoms with E-state index in [9.17, 15) is 4.39 Å². The summed E-state index contributed by atoms with van der Waals surface area (Å²) in [6.07, 6.45) is 5.26. The van der Waals surface area contributed by atoms with Gasteiger partial charge in [0.05, 0.1) is 17.1 Å². The van der Waals surface area contributed by atoms with E-state index in [1.807, 2.05) is 24.6 Å². The molecule has 0 saturated carbocycles. The Labute approximate surface area is 152 Å². The van der Waals surface area contributed by atoms with Gasteiger partial charge in [-0.2, -0.15) is 0 Å². The van der Waals surface area contributed by atoms with Gasteiger partial charge in [0.2, 0.25) is 0 Å². The zero-order valence-electron chi connectivity index (χ0n) is 15.2. The summed E-state index contributed by atoms with van der Waals surface area (Å²) in [6.45, 7) is 5.86. The molecule has 1 heterocycles. The summed E-state index contributed by atoms with van der Waals surface area (Å²) in [5, 5.41) is 14.3. The van der Waals surface area contributed by atoms with Gasteiger partial charge in [-0.05, 0) is 44.0 Å². The molecule has 1 aromatic heterocycles. The first-order chi connectivity index (χ1) is 12.5. The van der Waals surface area contributed by atoms with Crippen molar-refractivity contribution in [3.63, 3.8) is 0 Å². The lowest BCUT2D eigenvalue weighted by atomic mass is 10.1. The maximum atomic E-state index is 13.2. The van der Waals surface area contributed by atoms with E-state index in [2.05, 4.69) is 27.3 Å². The van der Waals surface area contributed by atoms with Gasteiger partial charge in [-0.1, -0.05) is 6.08 Å². The molecule has 136 valence electrons. The number of allylic oxidation sites excluding steroid dienone is 1. The number of nitrogens with zero attached hydrogens (tertiary/aromatic N) is 3. The van der Waals surface area contributed by atoms with Gasteiger partial charge in [-0.3, -0.25) is 5.41 Å². The van der Waals surface area contributed by atoms with E-state index in [0.29, 0.717) is 29.5 Å². The van der Waals surface area contributed by atoms with Crippen LogP contribution in [0.2, 0.25) is 0 Å². The van der Waals surface area contributed by atoms with Crippen molar-refractivity contribution in [2.45, 2.75) is 6.92 Å². The number of aryl methyl sites for hydroxylation is 1. The summed E-state index contributed by atoms with van der Waals surface area (Å²) in [7, 11) is 3.62. The fraction of sp³-hybridized carbons (Fsp3) is 0.211. The minimum atomic E-state index is -0.299. The number of benzene rings is 1. The lowest BCUT2D eigenvalue weighted by Gasteiger charge is -2.06. The Morgan fingerprint density at radius 2 is 2.08 bits per heavy atom. The normalized spacial score (nSPS) is 11.6. The second-order valence-corrected chi connectivity index (χ2v) is 5.58. The SMILES string of the molecule is C=N/C(=C\NC/C=C\C(=N)c1c(-c2ccc(F)cc2)nc(C)n1C)NC. The highest BCUT2D eigenvalue weighted by molar-refractivity contribution is 6.09. The Bertz CT molecular complexity index is 846. The first-order valence-corrected chi connectivity index (χ1v) is 8.10. The third-order valence-electron chi connectivity index (χ3n) is 3.88. The predicted molar refractivity (Wildman–Crippen MR) is 104 cm³/mol. The summed E-state index contributed by atoms with van der Waals surface area (Å²) in [5.41, 5.74) is 2.46. The molecule has 0 aliphatic carbocycles. The van der Waals surface area contributed by atoms with E-state index in [1.165, 1.54) is 12.1 Å². The molecule has 1 aromatic carbocycles. The van der Waals surface area contributed by atoms with Crippen LogP contribution in [0, 0.1) is 18.2 Å². The van der Waals surface area contributed by atoms with E-state index >= 15 is 0 Å². The summed E-state index contributed by atoms with van der Waals surface area (Å²) in [6, 6.07) is 6.13. The van der Waals surface area contributed by atoms with Gasteiger partial charge in [-0.15, -0.1) is 0 Å². The van der Waals surface area contributed by atoms with Crippen LogP contribution in [-0.2, 0) is 7.05 Å². The van der Waals surface area contributed by atoms with Crippen molar-refractivity contribution in [2.75, 3.05) is 13.6 Å². The standard InChI is InChI=1S/C19H23FN6/c1-13-25-18(14-7-9-15(20)10-8-14)19(26(13)4)16(21)6-5-11-24-12-17(22-2)23-3/h5-10,12,21,23-24H,2,11H2,1,3-4H3/b6-5-,17-12+,21-16?. The van der Waals surface area contributed by atoms with Crippen LogP contribution in [0.15, 0.2) is 53.4 Å². The van der Waals surface area contributed by atoms with Crippen molar-refractivity contribution in [2.24, 2.45) is 12.0 Å². The molecule has 7 heteroatoms. The Morgan fingerprint density at radius 3 is 2.69 bits per heavy atom. The monoisotopic (exact) mass is 354 g/mol. The topological polar surface area (TPSA) is 78.1 Å². The predicted octanol–water partition coefficient (Wildman–Crippen LogP) is 2.77. The van der Waals surface area contributed by atoms with Crippen LogP contribution in [0.4, 0.5) is 4.39 Å². The molecular formula is C19H23FN6. The molecule has 26 heavy (non-hydrogen) atoms. The number of aliphatic imine (C=N–C) groups is 1. The fourth-order valence-corrected chi connectivity index (χ4v) is 2.40. The zero-order valence-corrected chi connectivity index (χ0v) is 15.2. The summed E-state index contributed by atoms with van der Waals surface area (Å²) in [4.78, 5) is 8.32. The van der Waals surface area contributed by atoms with E-state index in [-0.39, 0.29) is 5.82 Å². The molecule has 0 amide bonds. The first-order valence-electron chi connectivity index (χ1n) is 8.10. The van der Waals surface area contributed by atoms with Crippen LogP contribution in [0.3, 0.4) is 0 Å². The summed E-state index contributed by atoms with van der Waals surface area (Å²) < 4.78 is 15.0. The molecule has 0 aliphatic rings. The van der Waals surface area contributed by atoms with Gasteiger partial charge in [0.25, 0.3) is 0 Å². The van der Waals surface area contributed by atoms with E-state index in [4.69, 9.17) is 5.41 Å². The highest BCUT2D eigenvalue weighted by Gasteiger charge is 2.16. The quantitative estimate of drug-likeness (QED) is 0.504. The number of imidazole rings is 1. The second kappa shape index (κ2) is 8.75. The third-order valence-corrected chi connectivity index (χ3v) is 3.88. The van der Waals surface area contributed by atoms with Gasteiger partial charge in [-0.25, -0.2) is 14.4 Å². The third kappa shape index (κ3) is 4.44. The molecule has 0 fully saturated rings. The highest BCUT2D eigenvalue weighted by atomic mass is 19.1. The molecular weight excluding hydrogens is 331 g/mol. The number of rotatable bonds is 8. The fourth-order valence-electron chi connectivity index (χ4n) is 2.40. The van der Waals surface area contributed by atoms with Gasteiger partial charge < -0.3 is 15.2 Å². The maximum absolute atomic E-state index is 13.2. The minimum Gasteiger partial charge on any atom is -0.384 e. The van der Waals surface area contributed by atoms with Crippen LogP contribution in [-0.4, -0.2) is 35.6 Å². The Balaban J connectivity index is 2.18. The van der Waals surface area contributed by atoms with Crippen molar-refractivity contribution in [3.05, 3.63) is 65.8 Å². The molecule has 0 spiro atoms. The second-order valence-electron chi connectivity index (χ2n) is 5.58. The Kier molecular flexibility index (Phi) is 6.43. The molecule has 0 atom stereocenters. The van der Waals surface area contributed by atoms with Gasteiger partial charge in [0.15, 0.2) is 0 Å². The molecule has 0 aliphatic heterocycles. The molecule has 3 N–H and O–H groups in total. The molecule has 0 saturated heterocycles. The minimum absolute atomic E-state index is 0.299. The number of hydrogen-bond donors (Lipinski definition) is 3. The lowest BCUT2D eigenvalue weighted by Crippen LogP contribution is -2.12. The first kappa shape index (κ1) is 19.1. The van der Waals surface area contributed by atoms with Crippen LogP contribution in [0.5, 0.6) is 0 Å². The average Bonchev–Trinajstić information content (AvgIpc) is 2.93. The maximum Gasteiger partial charge on any atom is 0.140 e. The molecule has 2 aromatic rings. The number of nitrogens with one attached hydrogen (secondary N) is 3. The summed E-state index contributed by atoms with van der Waals surface area (Å²) in [5.74, 6) is 1.12. The largest absolute Gasteiger partial charge is 0.384 e. The molecule has 0 unspecified atom stereocenters. The van der Waals surface area contributed by atoms with Crippen LogP contribution >= 0.6 is 0 Å². The number of halogens is 1. The van der Waals surface area contributed by atoms with E-state index in [0.717, 1.165) is 11.4 Å². The smallest absolute Gasteiger partial charge is 0.140 e. The van der Waals surface area contributed by atoms with E-state index in [1.54, 1.807) is 31.5 Å².